The molecule has 0 bridgehead atoms. The monoisotopic (exact) mass is 393 g/mol. The summed E-state index contributed by atoms with van der Waals surface area (Å²) in [5.74, 6) is -0.360. The Morgan fingerprint density at radius 3 is 2.72 bits per heavy atom. The summed E-state index contributed by atoms with van der Waals surface area (Å²) >= 11 is 8.08. The maximum absolute atomic E-state index is 12.3. The molecule has 96 valence electrons. The molecule has 0 radical (unpaired) electrons. The van der Waals surface area contributed by atoms with Crippen LogP contribution in [-0.2, 0) is 4.79 Å². The normalized spacial score (nSPS) is 19.0. The van der Waals surface area contributed by atoms with Crippen LogP contribution in [0.4, 0.5) is 0 Å². The molecule has 2 rings (SSSR count). The summed E-state index contributed by atoms with van der Waals surface area (Å²) in [6.45, 7) is 0. The summed E-state index contributed by atoms with van der Waals surface area (Å²) in [5.41, 5.74) is 0.479. The van der Waals surface area contributed by atoms with Gasteiger partial charge in [0.15, 0.2) is 0 Å². The fourth-order valence-corrected chi connectivity index (χ4v) is 4.03. The van der Waals surface area contributed by atoms with Crippen LogP contribution in [0.1, 0.15) is 10.4 Å². The van der Waals surface area contributed by atoms with Crippen LogP contribution in [0, 0.1) is 0 Å². The molecule has 1 aromatic carbocycles. The summed E-state index contributed by atoms with van der Waals surface area (Å²) < 4.78 is 1.51. The molecule has 0 aliphatic carbocycles. The second-order valence-electron chi connectivity index (χ2n) is 3.75. The minimum Gasteiger partial charge on any atom is -0.480 e. The van der Waals surface area contributed by atoms with Gasteiger partial charge in [-0.1, -0.05) is 15.9 Å². The van der Waals surface area contributed by atoms with Crippen molar-refractivity contribution < 1.29 is 14.7 Å². The van der Waals surface area contributed by atoms with Gasteiger partial charge in [-0.15, -0.1) is 11.8 Å². The summed E-state index contributed by atoms with van der Waals surface area (Å²) in [4.78, 5) is 24.7. The third-order valence-corrected chi connectivity index (χ3v) is 4.75. The molecule has 1 amide bonds. The molecule has 18 heavy (non-hydrogen) atoms. The van der Waals surface area contributed by atoms with Gasteiger partial charge in [0, 0.05) is 14.7 Å². The lowest BCUT2D eigenvalue weighted by atomic mass is 10.2. The zero-order chi connectivity index (χ0) is 13.3. The lowest BCUT2D eigenvalue weighted by molar-refractivity contribution is -0.140. The van der Waals surface area contributed by atoms with Crippen LogP contribution in [0.25, 0.3) is 0 Å². The third kappa shape index (κ3) is 2.73. The Balaban J connectivity index is 2.28. The largest absolute Gasteiger partial charge is 0.480 e. The van der Waals surface area contributed by atoms with Gasteiger partial charge in [0.05, 0.1) is 11.4 Å². The van der Waals surface area contributed by atoms with Gasteiger partial charge in [0.1, 0.15) is 6.04 Å². The summed E-state index contributed by atoms with van der Waals surface area (Å²) in [6, 6.07) is 4.47. The molecule has 1 atom stereocenters. The zero-order valence-corrected chi connectivity index (χ0v) is 13.1. The van der Waals surface area contributed by atoms with Crippen LogP contribution in [0.2, 0.25) is 0 Å². The number of carbonyl (C=O) groups is 2. The second kappa shape index (κ2) is 5.63. The van der Waals surface area contributed by atoms with Crippen molar-refractivity contribution in [3.8, 4) is 0 Å². The van der Waals surface area contributed by atoms with E-state index in [0.29, 0.717) is 21.7 Å². The molecule has 1 aliphatic heterocycles. The van der Waals surface area contributed by atoms with Crippen molar-refractivity contribution >= 4 is 55.5 Å². The number of hydrogen-bond acceptors (Lipinski definition) is 3. The molecular formula is C11H9Br2NO3S. The number of aliphatic carboxylic acids is 1. The van der Waals surface area contributed by atoms with Crippen molar-refractivity contribution in [2.75, 3.05) is 11.6 Å². The van der Waals surface area contributed by atoms with E-state index in [1.807, 2.05) is 0 Å². The molecule has 0 spiro atoms. The lowest BCUT2D eigenvalue weighted by Crippen LogP contribution is -2.41. The van der Waals surface area contributed by atoms with Gasteiger partial charge in [0.2, 0.25) is 0 Å². The predicted octanol–water partition coefficient (Wildman–Crippen LogP) is 2.81. The SMILES string of the molecule is O=C(O)C1CSCN1C(=O)c1ccc(Br)cc1Br. The van der Waals surface area contributed by atoms with Crippen LogP contribution in [0.15, 0.2) is 27.1 Å². The van der Waals surface area contributed by atoms with Gasteiger partial charge in [0.25, 0.3) is 5.91 Å². The van der Waals surface area contributed by atoms with E-state index in [-0.39, 0.29) is 5.91 Å². The minimum atomic E-state index is -0.957. The maximum Gasteiger partial charge on any atom is 0.327 e. The Labute approximate surface area is 125 Å². The van der Waals surface area contributed by atoms with E-state index < -0.39 is 12.0 Å². The number of rotatable bonds is 2. The number of carboxylic acids is 1. The van der Waals surface area contributed by atoms with Gasteiger partial charge in [-0.3, -0.25) is 4.79 Å². The Kier molecular flexibility index (Phi) is 4.34. The standard InChI is InChI=1S/C11H9Br2NO3S/c12-6-1-2-7(8(13)3-6)10(15)14-5-18-4-9(14)11(16)17/h1-3,9H,4-5H2,(H,16,17). The summed E-state index contributed by atoms with van der Waals surface area (Å²) in [6.07, 6.45) is 0. The highest BCUT2D eigenvalue weighted by Gasteiger charge is 2.35. The Morgan fingerprint density at radius 2 is 2.11 bits per heavy atom. The molecule has 1 heterocycles. The number of carbonyl (C=O) groups excluding carboxylic acids is 1. The first-order chi connectivity index (χ1) is 8.50. The Morgan fingerprint density at radius 1 is 1.39 bits per heavy atom. The molecule has 1 aliphatic rings. The first kappa shape index (κ1) is 13.9. The molecule has 1 unspecified atom stereocenters. The van der Waals surface area contributed by atoms with E-state index in [4.69, 9.17) is 5.11 Å². The van der Waals surface area contributed by atoms with Crippen LogP contribution in [-0.4, -0.2) is 39.6 Å². The fourth-order valence-electron chi connectivity index (χ4n) is 1.67. The number of benzene rings is 1. The molecule has 1 aromatic rings. The first-order valence-corrected chi connectivity index (χ1v) is 7.81. The molecule has 4 nitrogen and oxygen atoms in total. The minimum absolute atomic E-state index is 0.258. The number of carboxylic acid groups (broad SMARTS) is 1. The number of halogens is 2. The van der Waals surface area contributed by atoms with E-state index in [1.54, 1.807) is 18.2 Å². The topological polar surface area (TPSA) is 57.6 Å². The second-order valence-corrected chi connectivity index (χ2v) is 6.52. The van der Waals surface area contributed by atoms with Crippen molar-refractivity contribution in [2.45, 2.75) is 6.04 Å². The quantitative estimate of drug-likeness (QED) is 0.837. The van der Waals surface area contributed by atoms with Gasteiger partial charge < -0.3 is 10.0 Å². The maximum atomic E-state index is 12.3. The first-order valence-electron chi connectivity index (χ1n) is 5.07. The molecule has 1 N–H and O–H groups in total. The average Bonchev–Trinajstić information content (AvgIpc) is 2.77. The van der Waals surface area contributed by atoms with Crippen LogP contribution in [0.5, 0.6) is 0 Å². The molecule has 7 heteroatoms. The Hall–Kier alpha value is -0.530. The lowest BCUT2D eigenvalue weighted by Gasteiger charge is -2.21. The third-order valence-electron chi connectivity index (χ3n) is 2.59. The Bertz CT molecular complexity index is 509. The van der Waals surface area contributed by atoms with E-state index in [0.717, 1.165) is 4.47 Å². The van der Waals surface area contributed by atoms with Crippen LogP contribution in [0.3, 0.4) is 0 Å². The summed E-state index contributed by atoms with van der Waals surface area (Å²) in [7, 11) is 0. The van der Waals surface area contributed by atoms with Crippen molar-refractivity contribution in [2.24, 2.45) is 0 Å². The number of hydrogen-bond donors (Lipinski definition) is 1. The van der Waals surface area contributed by atoms with Crippen molar-refractivity contribution in [1.29, 1.82) is 0 Å². The highest BCUT2D eigenvalue weighted by Crippen LogP contribution is 2.27. The van der Waals surface area contributed by atoms with Gasteiger partial charge in [-0.05, 0) is 34.1 Å². The number of nitrogens with zero attached hydrogens (tertiary/aromatic N) is 1. The van der Waals surface area contributed by atoms with E-state index in [1.165, 1.54) is 16.7 Å². The van der Waals surface area contributed by atoms with Gasteiger partial charge in [-0.25, -0.2) is 4.79 Å². The molecule has 0 saturated carbocycles. The molecule has 0 aromatic heterocycles. The van der Waals surface area contributed by atoms with Crippen LogP contribution < -0.4 is 0 Å². The van der Waals surface area contributed by atoms with Crippen molar-refractivity contribution in [1.82, 2.24) is 4.90 Å². The fraction of sp³-hybridized carbons (Fsp3) is 0.273. The highest BCUT2D eigenvalue weighted by atomic mass is 79.9. The zero-order valence-electron chi connectivity index (χ0n) is 9.10. The summed E-state index contributed by atoms with van der Waals surface area (Å²) in [5, 5.41) is 9.07. The van der Waals surface area contributed by atoms with E-state index in [2.05, 4.69) is 31.9 Å². The molecular weight excluding hydrogens is 386 g/mol. The van der Waals surface area contributed by atoms with Crippen molar-refractivity contribution in [3.05, 3.63) is 32.7 Å². The predicted molar refractivity (Wildman–Crippen MR) is 76.8 cm³/mol. The average molecular weight is 395 g/mol. The molecule has 1 saturated heterocycles. The van der Waals surface area contributed by atoms with E-state index >= 15 is 0 Å². The smallest absolute Gasteiger partial charge is 0.327 e. The van der Waals surface area contributed by atoms with Crippen molar-refractivity contribution in [3.63, 3.8) is 0 Å². The number of thioether (sulfide) groups is 1. The van der Waals surface area contributed by atoms with Gasteiger partial charge >= 0.3 is 5.97 Å². The number of amides is 1. The van der Waals surface area contributed by atoms with E-state index in [9.17, 15) is 9.59 Å². The van der Waals surface area contributed by atoms with Gasteiger partial charge in [-0.2, -0.15) is 0 Å². The van der Waals surface area contributed by atoms with Crippen LogP contribution >= 0.6 is 43.6 Å². The highest BCUT2D eigenvalue weighted by molar-refractivity contribution is 9.11. The molecule has 1 fully saturated rings.